The molecule has 1 saturated heterocycles. The number of likely N-dealkylation sites (tertiary alicyclic amines) is 1. The summed E-state index contributed by atoms with van der Waals surface area (Å²) in [6, 6.07) is 19.8. The topological polar surface area (TPSA) is 49.4 Å². The van der Waals surface area contributed by atoms with Crippen molar-refractivity contribution in [1.29, 1.82) is 0 Å². The van der Waals surface area contributed by atoms with E-state index in [2.05, 4.69) is 16.8 Å². The predicted octanol–water partition coefficient (Wildman–Crippen LogP) is 5.31. The van der Waals surface area contributed by atoms with Crippen LogP contribution in [0.3, 0.4) is 0 Å². The maximum Gasteiger partial charge on any atom is 0.246 e. The van der Waals surface area contributed by atoms with Crippen LogP contribution in [0.2, 0.25) is 0 Å². The van der Waals surface area contributed by atoms with Crippen molar-refractivity contribution in [3.8, 4) is 11.1 Å². The molecule has 152 valence electrons. The standard InChI is InChI=1S/C25H24N2O2S/c28-24(10-9-19-5-2-1-3-6-19)27-14-11-20(12-15-27)25(29)26-23-8-4-7-21(17-23)22-13-16-30-18-22/h1-10,13,16-18,20H,11-12,14-15H2,(H,26,29)/b10-9+. The van der Waals surface area contributed by atoms with Crippen LogP contribution in [-0.4, -0.2) is 29.8 Å². The number of hydrogen-bond acceptors (Lipinski definition) is 3. The Bertz CT molecular complexity index is 1020. The van der Waals surface area contributed by atoms with E-state index in [-0.39, 0.29) is 17.7 Å². The van der Waals surface area contributed by atoms with E-state index in [1.807, 2.05) is 71.0 Å². The summed E-state index contributed by atoms with van der Waals surface area (Å²) >= 11 is 1.66. The van der Waals surface area contributed by atoms with Crippen molar-refractivity contribution in [3.05, 3.63) is 83.1 Å². The second-order valence-electron chi connectivity index (χ2n) is 7.43. The monoisotopic (exact) mass is 416 g/mol. The lowest BCUT2D eigenvalue weighted by Crippen LogP contribution is -2.40. The number of thiophene rings is 1. The molecule has 4 rings (SSSR count). The molecule has 1 aliphatic heterocycles. The fourth-order valence-electron chi connectivity index (χ4n) is 3.65. The van der Waals surface area contributed by atoms with Gasteiger partial charge in [-0.1, -0.05) is 42.5 Å². The first-order valence-electron chi connectivity index (χ1n) is 10.1. The molecule has 0 unspecified atom stereocenters. The number of piperidine rings is 1. The molecule has 1 aromatic heterocycles. The Morgan fingerprint density at radius 3 is 2.50 bits per heavy atom. The van der Waals surface area contributed by atoms with Gasteiger partial charge in [-0.25, -0.2) is 0 Å². The Morgan fingerprint density at radius 1 is 0.967 bits per heavy atom. The predicted molar refractivity (Wildman–Crippen MR) is 123 cm³/mol. The highest BCUT2D eigenvalue weighted by molar-refractivity contribution is 7.08. The number of nitrogens with zero attached hydrogens (tertiary/aromatic N) is 1. The van der Waals surface area contributed by atoms with Crippen LogP contribution < -0.4 is 5.32 Å². The number of nitrogens with one attached hydrogen (secondary N) is 1. The molecule has 1 N–H and O–H groups in total. The second kappa shape index (κ2) is 9.55. The first-order chi connectivity index (χ1) is 14.7. The molecule has 2 amide bonds. The van der Waals surface area contributed by atoms with E-state index in [1.165, 1.54) is 0 Å². The van der Waals surface area contributed by atoms with Crippen molar-refractivity contribution in [2.24, 2.45) is 5.92 Å². The van der Waals surface area contributed by atoms with Crippen LogP contribution in [0.4, 0.5) is 5.69 Å². The Kier molecular flexibility index (Phi) is 6.40. The minimum Gasteiger partial charge on any atom is -0.339 e. The molecule has 5 heteroatoms. The summed E-state index contributed by atoms with van der Waals surface area (Å²) in [4.78, 5) is 27.0. The molecule has 1 fully saturated rings. The van der Waals surface area contributed by atoms with Crippen molar-refractivity contribution in [3.63, 3.8) is 0 Å². The molecule has 4 nitrogen and oxygen atoms in total. The molecule has 0 bridgehead atoms. The zero-order valence-electron chi connectivity index (χ0n) is 16.7. The van der Waals surface area contributed by atoms with E-state index in [0.29, 0.717) is 25.9 Å². The van der Waals surface area contributed by atoms with Crippen LogP contribution in [0, 0.1) is 5.92 Å². The SMILES string of the molecule is O=C(Nc1cccc(-c2ccsc2)c1)C1CCN(C(=O)/C=C/c2ccccc2)CC1. The number of carbonyl (C=O) groups excluding carboxylic acids is 2. The molecule has 3 aromatic rings. The molecule has 0 radical (unpaired) electrons. The molecular weight excluding hydrogens is 392 g/mol. The van der Waals surface area contributed by atoms with Gasteiger partial charge in [-0.2, -0.15) is 11.3 Å². The van der Waals surface area contributed by atoms with E-state index in [9.17, 15) is 9.59 Å². The van der Waals surface area contributed by atoms with E-state index in [1.54, 1.807) is 17.4 Å². The highest BCUT2D eigenvalue weighted by atomic mass is 32.1. The van der Waals surface area contributed by atoms with E-state index >= 15 is 0 Å². The Morgan fingerprint density at radius 2 is 1.77 bits per heavy atom. The van der Waals surface area contributed by atoms with Gasteiger partial charge in [0, 0.05) is 30.8 Å². The van der Waals surface area contributed by atoms with Gasteiger partial charge in [0.05, 0.1) is 0 Å². The lowest BCUT2D eigenvalue weighted by molar-refractivity contribution is -0.130. The third-order valence-electron chi connectivity index (χ3n) is 5.38. The fraction of sp³-hybridized carbons (Fsp3) is 0.200. The summed E-state index contributed by atoms with van der Waals surface area (Å²) in [6.07, 6.45) is 4.81. The average Bonchev–Trinajstić information content (AvgIpc) is 3.33. The third-order valence-corrected chi connectivity index (χ3v) is 6.06. The molecule has 0 saturated carbocycles. The van der Waals surface area contributed by atoms with Crippen molar-refractivity contribution in [1.82, 2.24) is 4.90 Å². The minimum absolute atomic E-state index is 0.00109. The summed E-state index contributed by atoms with van der Waals surface area (Å²) in [5, 5.41) is 7.20. The smallest absolute Gasteiger partial charge is 0.246 e. The molecule has 0 atom stereocenters. The van der Waals surface area contributed by atoms with Gasteiger partial charge in [0.2, 0.25) is 11.8 Å². The largest absolute Gasteiger partial charge is 0.339 e. The molecule has 0 spiro atoms. The summed E-state index contributed by atoms with van der Waals surface area (Å²) in [5.41, 5.74) is 4.07. The summed E-state index contributed by atoms with van der Waals surface area (Å²) in [5.74, 6) is -0.0393. The van der Waals surface area contributed by atoms with Crippen molar-refractivity contribution in [2.45, 2.75) is 12.8 Å². The number of amides is 2. The molecule has 0 aliphatic carbocycles. The van der Waals surface area contributed by atoms with Crippen molar-refractivity contribution < 1.29 is 9.59 Å². The Hall–Kier alpha value is -3.18. The Labute approximate surface area is 180 Å². The number of rotatable bonds is 5. The minimum atomic E-state index is -0.0723. The number of anilines is 1. The Balaban J connectivity index is 1.30. The number of hydrogen-bond donors (Lipinski definition) is 1. The quantitative estimate of drug-likeness (QED) is 0.574. The van der Waals surface area contributed by atoms with Gasteiger partial charge in [-0.15, -0.1) is 0 Å². The molecule has 2 aromatic carbocycles. The van der Waals surface area contributed by atoms with Crippen LogP contribution in [0.15, 0.2) is 77.5 Å². The highest BCUT2D eigenvalue weighted by Crippen LogP contribution is 2.26. The molecule has 2 heterocycles. The number of benzene rings is 2. The van der Waals surface area contributed by atoms with Gasteiger partial charge in [-0.3, -0.25) is 9.59 Å². The van der Waals surface area contributed by atoms with Gasteiger partial charge in [-0.05, 0) is 64.6 Å². The average molecular weight is 417 g/mol. The van der Waals surface area contributed by atoms with Gasteiger partial charge in [0.1, 0.15) is 0 Å². The third kappa shape index (κ3) is 5.05. The lowest BCUT2D eigenvalue weighted by atomic mass is 9.95. The summed E-state index contributed by atoms with van der Waals surface area (Å²) < 4.78 is 0. The van der Waals surface area contributed by atoms with E-state index in [4.69, 9.17) is 0 Å². The number of carbonyl (C=O) groups is 2. The van der Waals surface area contributed by atoms with Gasteiger partial charge in [0.25, 0.3) is 0 Å². The van der Waals surface area contributed by atoms with Crippen molar-refractivity contribution in [2.75, 3.05) is 18.4 Å². The van der Waals surface area contributed by atoms with E-state index < -0.39 is 0 Å². The highest BCUT2D eigenvalue weighted by Gasteiger charge is 2.26. The van der Waals surface area contributed by atoms with Crippen LogP contribution in [0.5, 0.6) is 0 Å². The van der Waals surface area contributed by atoms with Gasteiger partial charge < -0.3 is 10.2 Å². The summed E-state index contributed by atoms with van der Waals surface area (Å²) in [7, 11) is 0. The summed E-state index contributed by atoms with van der Waals surface area (Å²) in [6.45, 7) is 1.20. The van der Waals surface area contributed by atoms with Crippen LogP contribution >= 0.6 is 11.3 Å². The van der Waals surface area contributed by atoms with E-state index in [0.717, 1.165) is 22.4 Å². The zero-order chi connectivity index (χ0) is 20.8. The first-order valence-corrected chi connectivity index (χ1v) is 11.1. The van der Waals surface area contributed by atoms with Gasteiger partial charge in [0.15, 0.2) is 0 Å². The molecular formula is C25H24N2O2S. The van der Waals surface area contributed by atoms with Gasteiger partial charge >= 0.3 is 0 Å². The van der Waals surface area contributed by atoms with Crippen LogP contribution in [-0.2, 0) is 9.59 Å². The lowest BCUT2D eigenvalue weighted by Gasteiger charge is -2.30. The first kappa shape index (κ1) is 20.1. The second-order valence-corrected chi connectivity index (χ2v) is 8.21. The fourth-order valence-corrected chi connectivity index (χ4v) is 4.31. The maximum atomic E-state index is 12.7. The van der Waals surface area contributed by atoms with Crippen LogP contribution in [0.1, 0.15) is 18.4 Å². The maximum absolute atomic E-state index is 12.7. The normalized spacial score (nSPS) is 14.7. The molecule has 1 aliphatic rings. The zero-order valence-corrected chi connectivity index (χ0v) is 17.5. The van der Waals surface area contributed by atoms with Crippen molar-refractivity contribution >= 4 is 34.9 Å². The molecule has 30 heavy (non-hydrogen) atoms. The van der Waals surface area contributed by atoms with Crippen LogP contribution in [0.25, 0.3) is 17.2 Å².